The number of nitrogens with zero attached hydrogens (tertiary/aromatic N) is 1. The third kappa shape index (κ3) is 4.20. The molecule has 0 bridgehead atoms. The lowest BCUT2D eigenvalue weighted by molar-refractivity contribution is -0.141. The molecule has 2 aromatic rings. The van der Waals surface area contributed by atoms with Gasteiger partial charge in [-0.25, -0.2) is 13.1 Å². The molecule has 2 unspecified atom stereocenters. The lowest BCUT2D eigenvalue weighted by Gasteiger charge is -2.14. The van der Waals surface area contributed by atoms with Gasteiger partial charge in [-0.15, -0.1) is 0 Å². The Balaban J connectivity index is 1.70. The summed E-state index contributed by atoms with van der Waals surface area (Å²) in [6, 6.07) is 9.89. The van der Waals surface area contributed by atoms with Crippen LogP contribution in [0.5, 0.6) is 5.75 Å². The van der Waals surface area contributed by atoms with E-state index in [0.717, 1.165) is 5.56 Å². The smallest absolute Gasteiger partial charge is 0.308 e. The van der Waals surface area contributed by atoms with E-state index in [0.29, 0.717) is 17.9 Å². The second-order valence-corrected chi connectivity index (χ2v) is 8.08. The van der Waals surface area contributed by atoms with Crippen molar-refractivity contribution < 1.29 is 23.1 Å². The van der Waals surface area contributed by atoms with E-state index in [1.54, 1.807) is 36.5 Å². The maximum Gasteiger partial charge on any atom is 0.308 e. The number of carboxylic acids is 1. The zero-order valence-corrected chi connectivity index (χ0v) is 15.1. The van der Waals surface area contributed by atoms with Crippen molar-refractivity contribution in [2.45, 2.75) is 30.8 Å². The summed E-state index contributed by atoms with van der Waals surface area (Å²) in [6.07, 6.45) is 2.39. The quantitative estimate of drug-likeness (QED) is 0.761. The Hall–Kier alpha value is -2.45. The predicted octanol–water partition coefficient (Wildman–Crippen LogP) is 1.63. The van der Waals surface area contributed by atoms with Crippen molar-refractivity contribution >= 4 is 16.0 Å². The number of aromatic nitrogens is 1. The van der Waals surface area contributed by atoms with E-state index in [2.05, 4.69) is 9.71 Å². The lowest BCUT2D eigenvalue weighted by Crippen LogP contribution is -2.34. The summed E-state index contributed by atoms with van der Waals surface area (Å²) < 4.78 is 33.0. The first-order chi connectivity index (χ1) is 12.3. The van der Waals surface area contributed by atoms with Gasteiger partial charge < -0.3 is 9.84 Å². The molecular weight excluding hydrogens is 356 g/mol. The number of ether oxygens (including phenoxy) is 1. The topological polar surface area (TPSA) is 106 Å². The fourth-order valence-electron chi connectivity index (χ4n) is 2.88. The predicted molar refractivity (Wildman–Crippen MR) is 94.5 cm³/mol. The highest BCUT2D eigenvalue weighted by atomic mass is 32.2. The van der Waals surface area contributed by atoms with Crippen LogP contribution in [0.3, 0.4) is 0 Å². The van der Waals surface area contributed by atoms with Gasteiger partial charge in [0.1, 0.15) is 11.9 Å². The summed E-state index contributed by atoms with van der Waals surface area (Å²) in [5.74, 6) is -1.29. The standard InChI is InChI=1S/C18H20N2O5S/c1-12-8-13-10-16(5-6-17(13)25-12)26(23,24)20-11-14(18(21)22)9-15-4-2-3-7-19-15/h2-7,10,12,14,20H,8-9,11H2,1H3,(H,21,22). The number of hydrogen-bond donors (Lipinski definition) is 2. The third-order valence-corrected chi connectivity index (χ3v) is 5.65. The zero-order chi connectivity index (χ0) is 18.7. The molecule has 1 aliphatic rings. The van der Waals surface area contributed by atoms with Crippen molar-refractivity contribution in [3.63, 3.8) is 0 Å². The van der Waals surface area contributed by atoms with Gasteiger partial charge in [-0.05, 0) is 42.8 Å². The van der Waals surface area contributed by atoms with Gasteiger partial charge in [0.25, 0.3) is 0 Å². The summed E-state index contributed by atoms with van der Waals surface area (Å²) in [7, 11) is -3.81. The van der Waals surface area contributed by atoms with E-state index in [1.165, 1.54) is 6.07 Å². The van der Waals surface area contributed by atoms with Gasteiger partial charge in [0.2, 0.25) is 10.0 Å². The number of benzene rings is 1. The summed E-state index contributed by atoms with van der Waals surface area (Å²) in [5, 5.41) is 9.38. The van der Waals surface area contributed by atoms with E-state index >= 15 is 0 Å². The van der Waals surface area contributed by atoms with E-state index in [4.69, 9.17) is 4.74 Å². The molecule has 0 spiro atoms. The molecule has 1 aliphatic heterocycles. The van der Waals surface area contributed by atoms with E-state index < -0.39 is 21.9 Å². The van der Waals surface area contributed by atoms with Crippen LogP contribution in [0.25, 0.3) is 0 Å². The van der Waals surface area contributed by atoms with Crippen LogP contribution >= 0.6 is 0 Å². The normalized spacial score (nSPS) is 17.3. The summed E-state index contributed by atoms with van der Waals surface area (Å²) >= 11 is 0. The molecule has 26 heavy (non-hydrogen) atoms. The molecule has 0 saturated carbocycles. The largest absolute Gasteiger partial charge is 0.490 e. The monoisotopic (exact) mass is 376 g/mol. The highest BCUT2D eigenvalue weighted by Gasteiger charge is 2.25. The minimum absolute atomic E-state index is 0.0191. The fourth-order valence-corrected chi connectivity index (χ4v) is 4.01. The first kappa shape index (κ1) is 18.3. The number of sulfonamides is 1. The van der Waals surface area contributed by atoms with Crippen molar-refractivity contribution in [1.29, 1.82) is 0 Å². The van der Waals surface area contributed by atoms with Crippen LogP contribution < -0.4 is 9.46 Å². The molecule has 0 radical (unpaired) electrons. The number of carboxylic acid groups (broad SMARTS) is 1. The van der Waals surface area contributed by atoms with Gasteiger partial charge in [-0.3, -0.25) is 9.78 Å². The van der Waals surface area contributed by atoms with Crippen LogP contribution in [0.15, 0.2) is 47.5 Å². The molecule has 1 aromatic heterocycles. The Labute approximate surface area is 152 Å². The molecule has 2 atom stereocenters. The van der Waals surface area contributed by atoms with E-state index in [1.807, 2.05) is 6.92 Å². The molecule has 2 heterocycles. The van der Waals surface area contributed by atoms with Crippen LogP contribution in [-0.2, 0) is 27.7 Å². The maximum atomic E-state index is 12.5. The molecule has 0 aliphatic carbocycles. The van der Waals surface area contributed by atoms with Crippen molar-refractivity contribution in [2.75, 3.05) is 6.54 Å². The van der Waals surface area contributed by atoms with Gasteiger partial charge >= 0.3 is 5.97 Å². The molecule has 0 amide bonds. The van der Waals surface area contributed by atoms with Crippen LogP contribution in [0.2, 0.25) is 0 Å². The van der Waals surface area contributed by atoms with Gasteiger partial charge in [-0.1, -0.05) is 6.07 Å². The van der Waals surface area contributed by atoms with Gasteiger partial charge in [0, 0.05) is 31.3 Å². The number of carbonyl (C=O) groups is 1. The van der Waals surface area contributed by atoms with Crippen molar-refractivity contribution in [3.8, 4) is 5.75 Å². The molecule has 0 saturated heterocycles. The SMILES string of the molecule is CC1Cc2cc(S(=O)(=O)NCC(Cc3ccccn3)C(=O)O)ccc2O1. The van der Waals surface area contributed by atoms with E-state index in [9.17, 15) is 18.3 Å². The minimum atomic E-state index is -3.81. The summed E-state index contributed by atoms with van der Waals surface area (Å²) in [5.41, 5.74) is 1.44. The second kappa shape index (κ2) is 7.43. The Morgan fingerprint density at radius 2 is 2.19 bits per heavy atom. The second-order valence-electron chi connectivity index (χ2n) is 6.31. The fraction of sp³-hybridized carbons (Fsp3) is 0.333. The van der Waals surface area contributed by atoms with Crippen molar-refractivity contribution in [2.24, 2.45) is 5.92 Å². The van der Waals surface area contributed by atoms with E-state index in [-0.39, 0.29) is 24.0 Å². The molecule has 2 N–H and O–H groups in total. The molecule has 1 aromatic carbocycles. The van der Waals surface area contributed by atoms with Crippen molar-refractivity contribution in [1.82, 2.24) is 9.71 Å². The number of rotatable bonds is 7. The molecule has 0 fully saturated rings. The Morgan fingerprint density at radius 3 is 2.88 bits per heavy atom. The lowest BCUT2D eigenvalue weighted by atomic mass is 10.0. The Kier molecular flexibility index (Phi) is 5.24. The zero-order valence-electron chi connectivity index (χ0n) is 14.3. The Morgan fingerprint density at radius 1 is 1.38 bits per heavy atom. The molecular formula is C18H20N2O5S. The highest BCUT2D eigenvalue weighted by Crippen LogP contribution is 2.30. The number of pyridine rings is 1. The van der Waals surface area contributed by atoms with Crippen LogP contribution in [0, 0.1) is 5.92 Å². The van der Waals surface area contributed by atoms with Crippen LogP contribution in [-0.4, -0.2) is 37.1 Å². The first-order valence-corrected chi connectivity index (χ1v) is 9.75. The van der Waals surface area contributed by atoms with Gasteiger partial charge in [-0.2, -0.15) is 0 Å². The number of nitrogens with one attached hydrogen (secondary N) is 1. The Bertz CT molecular complexity index is 899. The molecule has 8 heteroatoms. The summed E-state index contributed by atoms with van der Waals surface area (Å²) in [6.45, 7) is 1.71. The first-order valence-electron chi connectivity index (χ1n) is 8.27. The molecule has 138 valence electrons. The summed E-state index contributed by atoms with van der Waals surface area (Å²) in [4.78, 5) is 15.7. The molecule has 3 rings (SSSR count). The van der Waals surface area contributed by atoms with Crippen molar-refractivity contribution in [3.05, 3.63) is 53.9 Å². The van der Waals surface area contributed by atoms with Gasteiger partial charge in [0.05, 0.1) is 10.8 Å². The maximum absolute atomic E-state index is 12.5. The van der Waals surface area contributed by atoms with Crippen LogP contribution in [0.4, 0.5) is 0 Å². The number of fused-ring (bicyclic) bond motifs is 1. The molecule has 7 nitrogen and oxygen atoms in total. The van der Waals surface area contributed by atoms with Gasteiger partial charge in [0.15, 0.2) is 0 Å². The average molecular weight is 376 g/mol. The number of aliphatic carboxylic acids is 1. The highest BCUT2D eigenvalue weighted by molar-refractivity contribution is 7.89. The number of hydrogen-bond acceptors (Lipinski definition) is 5. The minimum Gasteiger partial charge on any atom is -0.490 e. The van der Waals surface area contributed by atoms with Crippen LogP contribution in [0.1, 0.15) is 18.2 Å². The third-order valence-electron chi connectivity index (χ3n) is 4.23. The average Bonchev–Trinajstić information content (AvgIpc) is 2.98.